The van der Waals surface area contributed by atoms with Crippen LogP contribution in [0.15, 0.2) is 58.5 Å². The van der Waals surface area contributed by atoms with Crippen LogP contribution >= 0.6 is 0 Å². The summed E-state index contributed by atoms with van der Waals surface area (Å²) in [6.07, 6.45) is 1.68. The lowest BCUT2D eigenvalue weighted by molar-refractivity contribution is 0.983. The van der Waals surface area contributed by atoms with Gasteiger partial charge in [0.25, 0.3) is 0 Å². The summed E-state index contributed by atoms with van der Waals surface area (Å²) >= 11 is 0. The second-order valence-corrected chi connectivity index (χ2v) is 4.31. The summed E-state index contributed by atoms with van der Waals surface area (Å²) in [5.41, 5.74) is 6.11. The summed E-state index contributed by atoms with van der Waals surface area (Å²) < 4.78 is 0. The lowest BCUT2D eigenvalue weighted by atomic mass is 9.82. The van der Waals surface area contributed by atoms with Crippen molar-refractivity contribution < 1.29 is 0 Å². The van der Waals surface area contributed by atoms with Gasteiger partial charge in [0.05, 0.1) is 5.71 Å². The highest BCUT2D eigenvalue weighted by Gasteiger charge is 2.30. The van der Waals surface area contributed by atoms with Crippen molar-refractivity contribution >= 4 is 12.1 Å². The van der Waals surface area contributed by atoms with Crippen LogP contribution in [-0.2, 0) is 0 Å². The molecule has 2 aromatic rings. The van der Waals surface area contributed by atoms with Crippen LogP contribution in [0.5, 0.6) is 0 Å². The van der Waals surface area contributed by atoms with Crippen molar-refractivity contribution in [2.75, 3.05) is 0 Å². The van der Waals surface area contributed by atoms with Gasteiger partial charge in [-0.15, -0.1) is 0 Å². The third kappa shape index (κ3) is 1.10. The molecule has 0 radical (unpaired) electrons. The molecule has 2 aromatic carbocycles. The van der Waals surface area contributed by atoms with E-state index >= 15 is 0 Å². The van der Waals surface area contributed by atoms with Crippen LogP contribution < -0.4 is 0 Å². The molecule has 2 heteroatoms. The summed E-state index contributed by atoms with van der Waals surface area (Å²) in [6.45, 7) is 0. The van der Waals surface area contributed by atoms with Crippen LogP contribution in [0.3, 0.4) is 0 Å². The summed E-state index contributed by atoms with van der Waals surface area (Å²) in [5, 5.41) is 0. The van der Waals surface area contributed by atoms with Gasteiger partial charge in [-0.2, -0.15) is 0 Å². The Morgan fingerprint density at radius 2 is 1.47 bits per heavy atom. The minimum atomic E-state index is 0.0982. The maximum atomic E-state index is 4.47. The first-order valence-electron chi connectivity index (χ1n) is 5.73. The fraction of sp³-hybridized carbons (Fsp3) is 0.0667. The van der Waals surface area contributed by atoms with Gasteiger partial charge in [0, 0.05) is 5.56 Å². The van der Waals surface area contributed by atoms with Crippen molar-refractivity contribution in [2.24, 2.45) is 9.98 Å². The van der Waals surface area contributed by atoms with Gasteiger partial charge in [0.1, 0.15) is 12.4 Å². The second kappa shape index (κ2) is 3.14. The molecule has 1 aliphatic heterocycles. The van der Waals surface area contributed by atoms with E-state index in [4.69, 9.17) is 0 Å². The minimum absolute atomic E-state index is 0.0982. The zero-order chi connectivity index (χ0) is 11.2. The van der Waals surface area contributed by atoms with Gasteiger partial charge >= 0.3 is 0 Å². The van der Waals surface area contributed by atoms with Crippen molar-refractivity contribution in [1.29, 1.82) is 0 Å². The minimum Gasteiger partial charge on any atom is -0.259 e. The third-order valence-electron chi connectivity index (χ3n) is 3.42. The van der Waals surface area contributed by atoms with Crippen LogP contribution in [0.4, 0.5) is 0 Å². The maximum absolute atomic E-state index is 4.47. The SMILES string of the molecule is C1=NC2C(=N1)c1ccccc1-c1ccccc12. The number of hydrogen-bond donors (Lipinski definition) is 0. The van der Waals surface area contributed by atoms with Crippen LogP contribution in [0.1, 0.15) is 17.2 Å². The third-order valence-corrected chi connectivity index (χ3v) is 3.42. The Labute approximate surface area is 99.4 Å². The van der Waals surface area contributed by atoms with Gasteiger partial charge in [-0.25, -0.2) is 4.99 Å². The van der Waals surface area contributed by atoms with Crippen molar-refractivity contribution in [1.82, 2.24) is 0 Å². The highest BCUT2D eigenvalue weighted by Crippen LogP contribution is 2.41. The first kappa shape index (κ1) is 8.88. The summed E-state index contributed by atoms with van der Waals surface area (Å²) in [6, 6.07) is 17.0. The van der Waals surface area contributed by atoms with E-state index in [1.165, 1.54) is 22.3 Å². The fourth-order valence-corrected chi connectivity index (χ4v) is 2.67. The summed E-state index contributed by atoms with van der Waals surface area (Å²) in [4.78, 5) is 8.89. The zero-order valence-corrected chi connectivity index (χ0v) is 9.17. The smallest absolute Gasteiger partial charge is 0.120 e. The van der Waals surface area contributed by atoms with Gasteiger partial charge < -0.3 is 0 Å². The molecule has 1 atom stereocenters. The Morgan fingerprint density at radius 3 is 2.35 bits per heavy atom. The molecule has 1 heterocycles. The lowest BCUT2D eigenvalue weighted by Crippen LogP contribution is -2.16. The van der Waals surface area contributed by atoms with E-state index in [2.05, 4.69) is 58.5 Å². The normalized spacial score (nSPS) is 19.3. The molecule has 2 aliphatic rings. The van der Waals surface area contributed by atoms with Crippen molar-refractivity contribution in [3.8, 4) is 11.1 Å². The maximum Gasteiger partial charge on any atom is 0.120 e. The first-order chi connectivity index (χ1) is 8.45. The van der Waals surface area contributed by atoms with E-state index in [1.807, 2.05) is 0 Å². The van der Waals surface area contributed by atoms with Crippen molar-refractivity contribution in [3.05, 3.63) is 59.7 Å². The first-order valence-corrected chi connectivity index (χ1v) is 5.73. The summed E-state index contributed by atoms with van der Waals surface area (Å²) in [5.74, 6) is 0. The van der Waals surface area contributed by atoms with Crippen molar-refractivity contribution in [3.63, 3.8) is 0 Å². The molecule has 0 spiro atoms. The topological polar surface area (TPSA) is 24.7 Å². The van der Waals surface area contributed by atoms with E-state index in [0.717, 1.165) is 5.71 Å². The number of fused-ring (bicyclic) bond motifs is 6. The van der Waals surface area contributed by atoms with Gasteiger partial charge in [-0.1, -0.05) is 48.5 Å². The van der Waals surface area contributed by atoms with E-state index in [-0.39, 0.29) is 6.04 Å². The molecule has 0 amide bonds. The van der Waals surface area contributed by atoms with Crippen molar-refractivity contribution in [2.45, 2.75) is 6.04 Å². The number of benzene rings is 2. The van der Waals surface area contributed by atoms with Crippen LogP contribution in [-0.4, -0.2) is 12.1 Å². The predicted molar refractivity (Wildman–Crippen MR) is 69.6 cm³/mol. The number of rotatable bonds is 0. The Bertz CT molecular complexity index is 668. The van der Waals surface area contributed by atoms with Gasteiger partial charge in [-0.05, 0) is 16.7 Å². The molecule has 0 aromatic heterocycles. The molecule has 0 saturated carbocycles. The second-order valence-electron chi connectivity index (χ2n) is 4.31. The molecule has 0 bridgehead atoms. The monoisotopic (exact) mass is 218 g/mol. The van der Waals surface area contributed by atoms with E-state index < -0.39 is 0 Å². The molecule has 4 rings (SSSR count). The van der Waals surface area contributed by atoms with Gasteiger partial charge in [-0.3, -0.25) is 4.99 Å². The Kier molecular flexibility index (Phi) is 1.64. The average Bonchev–Trinajstić information content (AvgIpc) is 2.89. The largest absolute Gasteiger partial charge is 0.259 e. The molecular formula is C15H10N2. The number of hydrogen-bond acceptors (Lipinski definition) is 2. The van der Waals surface area contributed by atoms with Crippen LogP contribution in [0, 0.1) is 0 Å². The molecular weight excluding hydrogens is 208 g/mol. The summed E-state index contributed by atoms with van der Waals surface area (Å²) in [7, 11) is 0. The molecule has 1 aliphatic carbocycles. The number of aliphatic imine (C=N–C) groups is 2. The van der Waals surface area contributed by atoms with E-state index in [1.54, 1.807) is 6.34 Å². The van der Waals surface area contributed by atoms with Gasteiger partial charge in [0.2, 0.25) is 0 Å². The Balaban J connectivity index is 2.12. The Morgan fingerprint density at radius 1 is 0.765 bits per heavy atom. The molecule has 1 unspecified atom stereocenters. The lowest BCUT2D eigenvalue weighted by Gasteiger charge is -2.24. The molecule has 0 saturated heterocycles. The molecule has 2 nitrogen and oxygen atoms in total. The Hall–Kier alpha value is -2.22. The van der Waals surface area contributed by atoms with Crippen LogP contribution in [0.2, 0.25) is 0 Å². The standard InChI is InChI=1S/C15H10N2/c1-3-7-12-10(5-1)11-6-2-4-8-13(11)15-14(12)16-9-17-15/h1-9,14H. The molecule has 80 valence electrons. The average molecular weight is 218 g/mol. The predicted octanol–water partition coefficient (Wildman–Crippen LogP) is 3.24. The highest BCUT2D eigenvalue weighted by molar-refractivity contribution is 6.17. The molecule has 0 N–H and O–H groups in total. The number of nitrogens with zero attached hydrogens (tertiary/aromatic N) is 2. The van der Waals surface area contributed by atoms with Crippen LogP contribution in [0.25, 0.3) is 11.1 Å². The fourth-order valence-electron chi connectivity index (χ4n) is 2.67. The van der Waals surface area contributed by atoms with Gasteiger partial charge in [0.15, 0.2) is 0 Å². The molecule has 17 heavy (non-hydrogen) atoms. The highest BCUT2D eigenvalue weighted by atomic mass is 15.0. The van der Waals surface area contributed by atoms with E-state index in [9.17, 15) is 0 Å². The zero-order valence-electron chi connectivity index (χ0n) is 9.17. The van der Waals surface area contributed by atoms with E-state index in [0.29, 0.717) is 0 Å². The molecule has 0 fully saturated rings. The quantitative estimate of drug-likeness (QED) is 0.648.